The number of fused-ring (bicyclic) bond motifs is 1. The number of ether oxygens (including phenoxy) is 1. The molecule has 1 heterocycles. The number of phenols is 3. The van der Waals surface area contributed by atoms with Crippen molar-refractivity contribution in [3.05, 3.63) is 47.5 Å². The minimum atomic E-state index is -0.557. The van der Waals surface area contributed by atoms with Gasteiger partial charge in [-0.1, -0.05) is 12.1 Å². The molecule has 3 N–H and O–H groups in total. The molecule has 0 aliphatic carbocycles. The van der Waals surface area contributed by atoms with Crippen LogP contribution in [0.3, 0.4) is 0 Å². The summed E-state index contributed by atoms with van der Waals surface area (Å²) in [6, 6.07) is 8.77. The van der Waals surface area contributed by atoms with Crippen LogP contribution in [0.1, 0.15) is 11.1 Å². The quantitative estimate of drug-likeness (QED) is 0.320. The molecular weight excluding hydrogens is 260 g/mol. The van der Waals surface area contributed by atoms with Gasteiger partial charge in [0.15, 0.2) is 11.5 Å². The zero-order valence-corrected chi connectivity index (χ0v) is 10.2. The maximum absolute atomic E-state index is 11.8. The number of esters is 1. The third-order valence-corrected chi connectivity index (χ3v) is 2.99. The molecule has 1 aliphatic heterocycles. The molecule has 5 nitrogen and oxygen atoms in total. The Balaban J connectivity index is 2.10. The highest BCUT2D eigenvalue weighted by atomic mass is 16.5. The highest BCUT2D eigenvalue weighted by molar-refractivity contribution is 6.26. The summed E-state index contributed by atoms with van der Waals surface area (Å²) in [5, 5.41) is 28.1. The van der Waals surface area contributed by atoms with Crippen LogP contribution >= 0.6 is 0 Å². The molecule has 20 heavy (non-hydrogen) atoms. The molecule has 0 unspecified atom stereocenters. The Bertz CT molecular complexity index is 729. The molecule has 0 spiro atoms. The van der Waals surface area contributed by atoms with Crippen molar-refractivity contribution in [2.75, 3.05) is 0 Å². The summed E-state index contributed by atoms with van der Waals surface area (Å²) in [7, 11) is 0. The molecule has 0 aromatic heterocycles. The normalized spacial score (nSPS) is 15.2. The van der Waals surface area contributed by atoms with E-state index in [4.69, 9.17) is 4.74 Å². The molecule has 3 rings (SSSR count). The van der Waals surface area contributed by atoms with Crippen molar-refractivity contribution in [1.29, 1.82) is 0 Å². The number of hydrogen-bond donors (Lipinski definition) is 3. The van der Waals surface area contributed by atoms with Gasteiger partial charge in [-0.3, -0.25) is 0 Å². The molecule has 0 bridgehead atoms. The van der Waals surface area contributed by atoms with Crippen molar-refractivity contribution in [3.8, 4) is 23.0 Å². The fraction of sp³-hybridized carbons (Fsp3) is 0. The first-order chi connectivity index (χ1) is 9.54. The van der Waals surface area contributed by atoms with Gasteiger partial charge >= 0.3 is 5.97 Å². The van der Waals surface area contributed by atoms with E-state index in [0.29, 0.717) is 11.1 Å². The lowest BCUT2D eigenvalue weighted by atomic mass is 10.0. The summed E-state index contributed by atoms with van der Waals surface area (Å²) in [5.74, 6) is -0.890. The lowest BCUT2D eigenvalue weighted by Crippen LogP contribution is -2.00. The van der Waals surface area contributed by atoms with Crippen molar-refractivity contribution < 1.29 is 24.9 Å². The molecule has 5 heteroatoms. The lowest BCUT2D eigenvalue weighted by molar-refractivity contribution is -0.126. The minimum absolute atomic E-state index is 0.129. The van der Waals surface area contributed by atoms with Gasteiger partial charge in [-0.2, -0.15) is 0 Å². The average molecular weight is 270 g/mol. The third-order valence-electron chi connectivity index (χ3n) is 2.99. The molecule has 0 amide bonds. The van der Waals surface area contributed by atoms with Crippen LogP contribution in [0.5, 0.6) is 23.0 Å². The van der Waals surface area contributed by atoms with Gasteiger partial charge in [0, 0.05) is 11.6 Å². The van der Waals surface area contributed by atoms with Gasteiger partial charge in [0.1, 0.15) is 11.5 Å². The van der Waals surface area contributed by atoms with E-state index in [0.717, 1.165) is 0 Å². The maximum atomic E-state index is 11.8. The van der Waals surface area contributed by atoms with Gasteiger partial charge < -0.3 is 20.1 Å². The van der Waals surface area contributed by atoms with E-state index >= 15 is 0 Å². The molecule has 2 aromatic carbocycles. The Morgan fingerprint density at radius 3 is 2.30 bits per heavy atom. The Morgan fingerprint density at radius 2 is 1.60 bits per heavy atom. The number of aromatic hydroxyl groups is 3. The average Bonchev–Trinajstić information content (AvgIpc) is 2.69. The highest BCUT2D eigenvalue weighted by Crippen LogP contribution is 2.41. The number of carbonyl (C=O) groups excluding carboxylic acids is 1. The first-order valence-electron chi connectivity index (χ1n) is 5.84. The molecule has 0 saturated carbocycles. The minimum Gasteiger partial charge on any atom is -0.508 e. The van der Waals surface area contributed by atoms with Crippen LogP contribution in [0.4, 0.5) is 0 Å². The van der Waals surface area contributed by atoms with E-state index in [1.165, 1.54) is 24.3 Å². The van der Waals surface area contributed by atoms with E-state index in [2.05, 4.69) is 0 Å². The van der Waals surface area contributed by atoms with Crippen LogP contribution < -0.4 is 4.74 Å². The zero-order chi connectivity index (χ0) is 14.3. The second kappa shape index (κ2) is 4.31. The Kier molecular flexibility index (Phi) is 2.61. The third kappa shape index (κ3) is 1.95. The predicted molar refractivity (Wildman–Crippen MR) is 71.4 cm³/mol. The number of phenolic OH excluding ortho intramolecular Hbond substituents is 3. The second-order valence-electron chi connectivity index (χ2n) is 4.38. The molecule has 2 aromatic rings. The van der Waals surface area contributed by atoms with Crippen molar-refractivity contribution in [3.63, 3.8) is 0 Å². The van der Waals surface area contributed by atoms with Gasteiger partial charge in [-0.25, -0.2) is 4.79 Å². The van der Waals surface area contributed by atoms with Crippen LogP contribution in [0.25, 0.3) is 11.6 Å². The van der Waals surface area contributed by atoms with E-state index < -0.39 is 5.97 Å². The molecule has 0 saturated heterocycles. The van der Waals surface area contributed by atoms with Crippen molar-refractivity contribution in [1.82, 2.24) is 0 Å². The van der Waals surface area contributed by atoms with Crippen molar-refractivity contribution in [2.45, 2.75) is 0 Å². The Hall–Kier alpha value is -2.95. The Morgan fingerprint density at radius 1 is 0.950 bits per heavy atom. The SMILES string of the molecule is O=C1Oc2cc(O)c(O)cc2/C1=C\c1ccc(O)cc1. The topological polar surface area (TPSA) is 87.0 Å². The summed E-state index contributed by atoms with van der Waals surface area (Å²) in [5.41, 5.74) is 1.40. The molecule has 0 fully saturated rings. The fourth-order valence-corrected chi connectivity index (χ4v) is 1.99. The van der Waals surface area contributed by atoms with Crippen LogP contribution in [-0.2, 0) is 4.79 Å². The fourth-order valence-electron chi connectivity index (χ4n) is 1.99. The van der Waals surface area contributed by atoms with E-state index in [9.17, 15) is 20.1 Å². The van der Waals surface area contributed by atoms with Gasteiger partial charge in [0.25, 0.3) is 0 Å². The van der Waals surface area contributed by atoms with Crippen molar-refractivity contribution >= 4 is 17.6 Å². The number of rotatable bonds is 1. The van der Waals surface area contributed by atoms with E-state index in [1.54, 1.807) is 18.2 Å². The second-order valence-corrected chi connectivity index (χ2v) is 4.38. The monoisotopic (exact) mass is 270 g/mol. The number of benzene rings is 2. The molecule has 0 radical (unpaired) electrons. The van der Waals surface area contributed by atoms with Gasteiger partial charge in [-0.15, -0.1) is 0 Å². The Labute approximate surface area is 114 Å². The highest BCUT2D eigenvalue weighted by Gasteiger charge is 2.28. The maximum Gasteiger partial charge on any atom is 0.344 e. The molecular formula is C15H10O5. The largest absolute Gasteiger partial charge is 0.508 e. The van der Waals surface area contributed by atoms with E-state index in [1.807, 2.05) is 0 Å². The first kappa shape index (κ1) is 12.1. The summed E-state index contributed by atoms with van der Waals surface area (Å²) in [6.45, 7) is 0. The zero-order valence-electron chi connectivity index (χ0n) is 10.2. The van der Waals surface area contributed by atoms with E-state index in [-0.39, 0.29) is 28.6 Å². The molecule has 0 atom stereocenters. The van der Waals surface area contributed by atoms with Crippen LogP contribution in [0.15, 0.2) is 36.4 Å². The van der Waals surface area contributed by atoms with Crippen LogP contribution in [-0.4, -0.2) is 21.3 Å². The van der Waals surface area contributed by atoms with Gasteiger partial charge in [0.05, 0.1) is 5.57 Å². The van der Waals surface area contributed by atoms with Gasteiger partial charge in [0.2, 0.25) is 0 Å². The number of hydrogen-bond acceptors (Lipinski definition) is 5. The summed E-state index contributed by atoms with van der Waals surface area (Å²) >= 11 is 0. The summed E-state index contributed by atoms with van der Waals surface area (Å²) in [6.07, 6.45) is 1.59. The lowest BCUT2D eigenvalue weighted by Gasteiger charge is -2.01. The smallest absolute Gasteiger partial charge is 0.344 e. The summed E-state index contributed by atoms with van der Waals surface area (Å²) < 4.78 is 5.02. The molecule has 1 aliphatic rings. The predicted octanol–water partition coefficient (Wildman–Crippen LogP) is 2.26. The standard InChI is InChI=1S/C15H10O5/c16-9-3-1-8(2-4-9)5-11-10-6-12(17)13(18)7-14(10)20-15(11)19/h1-7,16-18H/b11-5+. The van der Waals surface area contributed by atoms with Crippen LogP contribution in [0, 0.1) is 0 Å². The van der Waals surface area contributed by atoms with Gasteiger partial charge in [-0.05, 0) is 29.8 Å². The van der Waals surface area contributed by atoms with Crippen molar-refractivity contribution in [2.24, 2.45) is 0 Å². The first-order valence-corrected chi connectivity index (χ1v) is 5.84. The van der Waals surface area contributed by atoms with Crippen LogP contribution in [0.2, 0.25) is 0 Å². The number of carbonyl (C=O) groups is 1. The molecule has 100 valence electrons. The summed E-state index contributed by atoms with van der Waals surface area (Å²) in [4.78, 5) is 11.8.